The number of hydrogen-bond donors (Lipinski definition) is 1. The number of aliphatic carboxylic acids is 1. The highest BCUT2D eigenvalue weighted by Crippen LogP contribution is 2.31. The van der Waals surface area contributed by atoms with Crippen molar-refractivity contribution >= 4 is 23.1 Å². The third-order valence-electron chi connectivity index (χ3n) is 3.14. The predicted octanol–water partition coefficient (Wildman–Crippen LogP) is 1.74. The lowest BCUT2D eigenvalue weighted by Crippen LogP contribution is -2.47. The van der Waals surface area contributed by atoms with Gasteiger partial charge in [-0.2, -0.15) is 0 Å². The molecule has 0 bridgehead atoms. The molecule has 1 aromatic heterocycles. The summed E-state index contributed by atoms with van der Waals surface area (Å²) in [5.41, 5.74) is -1.33. The molecule has 0 saturated carbocycles. The van der Waals surface area contributed by atoms with Gasteiger partial charge in [0.1, 0.15) is 5.41 Å². The first-order valence-corrected chi connectivity index (χ1v) is 6.40. The van der Waals surface area contributed by atoms with Crippen molar-refractivity contribution in [2.45, 2.75) is 19.3 Å². The Bertz CT molecular complexity index is 412. The minimum absolute atomic E-state index is 0.00649. The third-order valence-corrected chi connectivity index (χ3v) is 4.08. The number of carbonyl (C=O) groups excluding carboxylic acids is 1. The number of aryl methyl sites for hydroxylation is 1. The van der Waals surface area contributed by atoms with Crippen LogP contribution in [0, 0.1) is 5.41 Å². The fourth-order valence-electron chi connectivity index (χ4n) is 2.02. The van der Waals surface area contributed by atoms with E-state index in [1.54, 1.807) is 11.3 Å². The molecule has 0 radical (unpaired) electrons. The molecular weight excluding hydrogens is 240 g/mol. The smallest absolute Gasteiger partial charge is 0.319 e. The van der Waals surface area contributed by atoms with E-state index in [2.05, 4.69) is 0 Å². The molecule has 1 N–H and O–H groups in total. The Balaban J connectivity index is 2.11. The van der Waals surface area contributed by atoms with Crippen molar-refractivity contribution in [2.24, 2.45) is 5.41 Å². The Morgan fingerprint density at radius 2 is 2.41 bits per heavy atom. The van der Waals surface area contributed by atoms with Crippen LogP contribution in [0.5, 0.6) is 0 Å². The van der Waals surface area contributed by atoms with Gasteiger partial charge in [0.25, 0.3) is 0 Å². The molecule has 17 heavy (non-hydrogen) atoms. The average Bonchev–Trinajstić information content (AvgIpc) is 2.81. The minimum Gasteiger partial charge on any atom is -0.480 e. The number of thiophene rings is 1. The quantitative estimate of drug-likeness (QED) is 0.831. The van der Waals surface area contributed by atoms with Gasteiger partial charge in [-0.15, -0.1) is 11.3 Å². The van der Waals surface area contributed by atoms with Crippen LogP contribution in [0.3, 0.4) is 0 Å². The molecule has 92 valence electrons. The second kappa shape index (κ2) is 4.98. The predicted molar refractivity (Wildman–Crippen MR) is 63.2 cm³/mol. The first-order valence-electron chi connectivity index (χ1n) is 5.52. The maximum atomic E-state index is 11.9. The number of carboxylic acids is 1. The van der Waals surface area contributed by atoms with Crippen molar-refractivity contribution in [1.29, 1.82) is 0 Å². The molecule has 2 rings (SSSR count). The van der Waals surface area contributed by atoms with Crippen molar-refractivity contribution < 1.29 is 19.4 Å². The lowest BCUT2D eigenvalue weighted by Gasteiger charge is -2.31. The van der Waals surface area contributed by atoms with Crippen LogP contribution in [0.15, 0.2) is 17.5 Å². The van der Waals surface area contributed by atoms with Crippen molar-refractivity contribution in [3.63, 3.8) is 0 Å². The fraction of sp³-hybridized carbons (Fsp3) is 0.500. The maximum absolute atomic E-state index is 11.9. The number of ketones is 1. The number of Topliss-reactive ketones (excluding diaryl/α,β-unsaturated/α-hetero) is 1. The van der Waals surface area contributed by atoms with Crippen LogP contribution < -0.4 is 0 Å². The van der Waals surface area contributed by atoms with Crippen LogP contribution in [-0.2, 0) is 20.7 Å². The van der Waals surface area contributed by atoms with Crippen LogP contribution in [0.1, 0.15) is 17.7 Å². The zero-order chi connectivity index (χ0) is 12.3. The Labute approximate surface area is 103 Å². The van der Waals surface area contributed by atoms with Crippen molar-refractivity contribution in [2.75, 3.05) is 13.2 Å². The summed E-state index contributed by atoms with van der Waals surface area (Å²) < 4.78 is 5.19. The Hall–Kier alpha value is -1.20. The number of carboxylic acid groups (broad SMARTS) is 1. The minimum atomic E-state index is -1.33. The molecule has 2 heterocycles. The van der Waals surface area contributed by atoms with Crippen LogP contribution in [0.25, 0.3) is 0 Å². The van der Waals surface area contributed by atoms with Gasteiger partial charge in [-0.05, 0) is 24.3 Å². The summed E-state index contributed by atoms with van der Waals surface area (Å²) in [6.07, 6.45) is 1.14. The monoisotopic (exact) mass is 254 g/mol. The van der Waals surface area contributed by atoms with Crippen LogP contribution in [-0.4, -0.2) is 30.1 Å². The Kier molecular flexibility index (Phi) is 3.59. The lowest BCUT2D eigenvalue weighted by atomic mass is 9.77. The van der Waals surface area contributed by atoms with Gasteiger partial charge in [0, 0.05) is 11.3 Å². The van der Waals surface area contributed by atoms with Crippen LogP contribution in [0.2, 0.25) is 0 Å². The summed E-state index contributed by atoms with van der Waals surface area (Å²) in [6, 6.07) is 3.88. The van der Waals surface area contributed by atoms with Gasteiger partial charge in [0.2, 0.25) is 0 Å². The van der Waals surface area contributed by atoms with Crippen molar-refractivity contribution in [1.82, 2.24) is 0 Å². The van der Waals surface area contributed by atoms with Gasteiger partial charge < -0.3 is 9.84 Å². The van der Waals surface area contributed by atoms with Gasteiger partial charge in [-0.3, -0.25) is 9.59 Å². The van der Waals surface area contributed by atoms with E-state index in [1.165, 1.54) is 0 Å². The van der Waals surface area contributed by atoms with E-state index in [4.69, 9.17) is 4.74 Å². The fourth-order valence-corrected chi connectivity index (χ4v) is 2.73. The summed E-state index contributed by atoms with van der Waals surface area (Å²) in [4.78, 5) is 24.3. The molecule has 1 fully saturated rings. The first-order chi connectivity index (χ1) is 8.15. The molecule has 1 unspecified atom stereocenters. The highest BCUT2D eigenvalue weighted by atomic mass is 32.1. The maximum Gasteiger partial charge on any atom is 0.319 e. The van der Waals surface area contributed by atoms with Crippen molar-refractivity contribution in [3.05, 3.63) is 22.4 Å². The highest BCUT2D eigenvalue weighted by molar-refractivity contribution is 7.09. The van der Waals surface area contributed by atoms with E-state index in [1.807, 2.05) is 17.5 Å². The molecule has 0 spiro atoms. The molecule has 1 saturated heterocycles. The second-order valence-electron chi connectivity index (χ2n) is 4.19. The van der Waals surface area contributed by atoms with Crippen molar-refractivity contribution in [3.8, 4) is 0 Å². The van der Waals surface area contributed by atoms with Gasteiger partial charge in [-0.1, -0.05) is 6.07 Å². The first kappa shape index (κ1) is 12.3. The number of rotatable bonds is 4. The Morgan fingerprint density at radius 3 is 3.00 bits per heavy atom. The summed E-state index contributed by atoms with van der Waals surface area (Å²) in [7, 11) is 0. The normalized spacial score (nSPS) is 24.8. The zero-order valence-electron chi connectivity index (χ0n) is 9.35. The van der Waals surface area contributed by atoms with Gasteiger partial charge >= 0.3 is 5.97 Å². The largest absolute Gasteiger partial charge is 0.480 e. The van der Waals surface area contributed by atoms with E-state index in [0.717, 1.165) is 4.88 Å². The molecule has 1 atom stereocenters. The lowest BCUT2D eigenvalue weighted by molar-refractivity contribution is -0.164. The van der Waals surface area contributed by atoms with Gasteiger partial charge in [0.05, 0.1) is 13.2 Å². The van der Waals surface area contributed by atoms with Crippen LogP contribution >= 0.6 is 11.3 Å². The van der Waals surface area contributed by atoms with Gasteiger partial charge in [0.15, 0.2) is 5.78 Å². The third kappa shape index (κ3) is 2.40. The number of ether oxygens (including phenoxy) is 1. The molecule has 0 amide bonds. The molecule has 1 aromatic rings. The summed E-state index contributed by atoms with van der Waals surface area (Å²) in [6.45, 7) is 0.347. The van der Waals surface area contributed by atoms with E-state index in [-0.39, 0.29) is 18.8 Å². The average molecular weight is 254 g/mol. The summed E-state index contributed by atoms with van der Waals surface area (Å²) in [5, 5.41) is 11.2. The highest BCUT2D eigenvalue weighted by Gasteiger charge is 2.47. The standard InChI is InChI=1S/C12H14O4S/c13-10-4-6-16-8-12(10,11(14)15)5-3-9-2-1-7-17-9/h1-2,7H,3-6,8H2,(H,14,15). The Morgan fingerprint density at radius 1 is 1.59 bits per heavy atom. The van der Waals surface area contributed by atoms with E-state index < -0.39 is 11.4 Å². The zero-order valence-corrected chi connectivity index (χ0v) is 10.2. The SMILES string of the molecule is O=C(O)C1(CCc2cccs2)COCCC1=O. The second-order valence-corrected chi connectivity index (χ2v) is 5.22. The van der Waals surface area contributed by atoms with Crippen LogP contribution in [0.4, 0.5) is 0 Å². The van der Waals surface area contributed by atoms with E-state index >= 15 is 0 Å². The molecule has 0 aliphatic carbocycles. The molecular formula is C12H14O4S. The molecule has 1 aliphatic heterocycles. The number of hydrogen-bond acceptors (Lipinski definition) is 4. The summed E-state index contributed by atoms with van der Waals surface area (Å²) in [5.74, 6) is -1.26. The number of carbonyl (C=O) groups is 2. The van der Waals surface area contributed by atoms with E-state index in [0.29, 0.717) is 19.4 Å². The van der Waals surface area contributed by atoms with Gasteiger partial charge in [-0.25, -0.2) is 0 Å². The summed E-state index contributed by atoms with van der Waals surface area (Å²) >= 11 is 1.58. The van der Waals surface area contributed by atoms with E-state index in [9.17, 15) is 14.7 Å². The molecule has 0 aromatic carbocycles. The topological polar surface area (TPSA) is 63.6 Å². The molecule has 1 aliphatic rings. The molecule has 4 nitrogen and oxygen atoms in total. The molecule has 5 heteroatoms.